The predicted octanol–water partition coefficient (Wildman–Crippen LogP) is 2.08. The highest BCUT2D eigenvalue weighted by atomic mass is 16.1. The number of aromatic nitrogens is 2. The second-order valence-corrected chi connectivity index (χ2v) is 3.79. The molecule has 2 aromatic heterocycles. The minimum absolute atomic E-state index is 0.231. The third kappa shape index (κ3) is 2.63. The summed E-state index contributed by atoms with van der Waals surface area (Å²) in [7, 11) is 1.76. The minimum Gasteiger partial charge on any atom is -0.387 e. The van der Waals surface area contributed by atoms with Crippen LogP contribution >= 0.6 is 0 Å². The number of nitrogens with one attached hydrogen (secondary N) is 2. The van der Waals surface area contributed by atoms with Crippen molar-refractivity contribution in [1.29, 1.82) is 0 Å². The van der Waals surface area contributed by atoms with Gasteiger partial charge in [0.25, 0.3) is 5.91 Å². The number of rotatable bonds is 3. The number of hydrogen-bond donors (Lipinski definition) is 2. The van der Waals surface area contributed by atoms with E-state index in [0.717, 1.165) is 11.4 Å². The van der Waals surface area contributed by atoms with Gasteiger partial charge in [-0.2, -0.15) is 0 Å². The third-order valence-electron chi connectivity index (χ3n) is 2.46. The lowest BCUT2D eigenvalue weighted by molar-refractivity contribution is 0.102. The Hall–Kier alpha value is -2.43. The molecule has 0 unspecified atom stereocenters. The van der Waals surface area contributed by atoms with Crippen LogP contribution in [-0.4, -0.2) is 22.9 Å². The molecule has 1 amide bonds. The molecule has 0 aliphatic rings. The Morgan fingerprint density at radius 2 is 2.11 bits per heavy atom. The van der Waals surface area contributed by atoms with Crippen molar-refractivity contribution >= 4 is 17.4 Å². The molecular formula is C13H14N4O. The van der Waals surface area contributed by atoms with Crippen molar-refractivity contribution < 1.29 is 4.79 Å². The Morgan fingerprint density at radius 3 is 2.83 bits per heavy atom. The lowest BCUT2D eigenvalue weighted by Gasteiger charge is -2.08. The van der Waals surface area contributed by atoms with E-state index in [1.807, 2.05) is 19.1 Å². The second-order valence-electron chi connectivity index (χ2n) is 3.79. The van der Waals surface area contributed by atoms with Crippen molar-refractivity contribution in [1.82, 2.24) is 9.97 Å². The number of amides is 1. The molecule has 2 aromatic rings. The molecule has 5 heteroatoms. The van der Waals surface area contributed by atoms with Crippen LogP contribution in [0.25, 0.3) is 0 Å². The molecule has 0 atom stereocenters. The maximum atomic E-state index is 12.1. The van der Waals surface area contributed by atoms with E-state index in [1.165, 1.54) is 6.20 Å². The molecule has 92 valence electrons. The van der Waals surface area contributed by atoms with Crippen LogP contribution in [0.4, 0.5) is 11.5 Å². The first-order valence-corrected chi connectivity index (χ1v) is 5.57. The number of aryl methyl sites for hydroxylation is 1. The smallest absolute Gasteiger partial charge is 0.260 e. The summed E-state index contributed by atoms with van der Waals surface area (Å²) < 4.78 is 0. The van der Waals surface area contributed by atoms with Gasteiger partial charge in [-0.05, 0) is 25.1 Å². The third-order valence-corrected chi connectivity index (χ3v) is 2.46. The average Bonchev–Trinajstić information content (AvgIpc) is 2.38. The highest BCUT2D eigenvalue weighted by Gasteiger charge is 2.11. The van der Waals surface area contributed by atoms with Gasteiger partial charge in [0.2, 0.25) is 0 Å². The van der Waals surface area contributed by atoms with Crippen molar-refractivity contribution in [2.45, 2.75) is 6.92 Å². The molecule has 2 N–H and O–H groups in total. The summed E-state index contributed by atoms with van der Waals surface area (Å²) in [6.45, 7) is 1.87. The lowest BCUT2D eigenvalue weighted by atomic mass is 10.2. The van der Waals surface area contributed by atoms with Gasteiger partial charge in [-0.15, -0.1) is 0 Å². The maximum absolute atomic E-state index is 12.1. The Morgan fingerprint density at radius 1 is 1.28 bits per heavy atom. The van der Waals surface area contributed by atoms with Crippen LogP contribution in [-0.2, 0) is 0 Å². The summed E-state index contributed by atoms with van der Waals surface area (Å²) in [6.07, 6.45) is 3.16. The van der Waals surface area contributed by atoms with Crippen molar-refractivity contribution in [2.75, 3.05) is 17.7 Å². The zero-order valence-electron chi connectivity index (χ0n) is 10.3. The molecule has 18 heavy (non-hydrogen) atoms. The van der Waals surface area contributed by atoms with Crippen molar-refractivity contribution in [2.24, 2.45) is 0 Å². The quantitative estimate of drug-likeness (QED) is 0.864. The molecule has 2 rings (SSSR count). The van der Waals surface area contributed by atoms with Gasteiger partial charge in [-0.1, -0.05) is 6.07 Å². The number of carbonyl (C=O) groups excluding carboxylic acids is 1. The fraction of sp³-hybridized carbons (Fsp3) is 0.154. The predicted molar refractivity (Wildman–Crippen MR) is 70.7 cm³/mol. The van der Waals surface area contributed by atoms with Crippen LogP contribution in [0, 0.1) is 6.92 Å². The zero-order valence-corrected chi connectivity index (χ0v) is 10.3. The van der Waals surface area contributed by atoms with E-state index in [4.69, 9.17) is 0 Å². The Bertz CT molecular complexity index is 568. The van der Waals surface area contributed by atoms with Crippen LogP contribution in [0.5, 0.6) is 0 Å². The second kappa shape index (κ2) is 5.27. The first kappa shape index (κ1) is 12.0. The van der Waals surface area contributed by atoms with Gasteiger partial charge >= 0.3 is 0 Å². The van der Waals surface area contributed by atoms with Crippen LogP contribution in [0.15, 0.2) is 36.7 Å². The van der Waals surface area contributed by atoms with E-state index >= 15 is 0 Å². The molecule has 0 aliphatic carbocycles. The van der Waals surface area contributed by atoms with E-state index in [9.17, 15) is 4.79 Å². The summed E-state index contributed by atoms with van der Waals surface area (Å²) >= 11 is 0. The summed E-state index contributed by atoms with van der Waals surface area (Å²) in [5, 5.41) is 5.70. The van der Waals surface area contributed by atoms with Crippen LogP contribution in [0.2, 0.25) is 0 Å². The Kier molecular flexibility index (Phi) is 3.52. The Labute approximate surface area is 105 Å². The maximum Gasteiger partial charge on any atom is 0.260 e. The largest absolute Gasteiger partial charge is 0.387 e. The highest BCUT2D eigenvalue weighted by molar-refractivity contribution is 6.07. The zero-order chi connectivity index (χ0) is 13.0. The first-order valence-electron chi connectivity index (χ1n) is 5.57. The van der Waals surface area contributed by atoms with Gasteiger partial charge < -0.3 is 10.6 Å². The molecule has 0 fully saturated rings. The highest BCUT2D eigenvalue weighted by Crippen LogP contribution is 2.14. The van der Waals surface area contributed by atoms with E-state index in [-0.39, 0.29) is 5.91 Å². The minimum atomic E-state index is -0.231. The molecule has 0 radical (unpaired) electrons. The summed E-state index contributed by atoms with van der Waals surface area (Å²) in [5.41, 5.74) is 2.08. The number of hydrogen-bond acceptors (Lipinski definition) is 4. The number of nitrogens with zero attached hydrogens (tertiary/aromatic N) is 2. The first-order chi connectivity index (χ1) is 8.70. The van der Waals surface area contributed by atoms with Gasteiger partial charge in [0.1, 0.15) is 5.82 Å². The Balaban J connectivity index is 2.22. The fourth-order valence-corrected chi connectivity index (χ4v) is 1.59. The summed E-state index contributed by atoms with van der Waals surface area (Å²) in [6, 6.07) is 7.22. The van der Waals surface area contributed by atoms with Crippen molar-refractivity contribution in [3.63, 3.8) is 0 Å². The normalized spacial score (nSPS) is 9.89. The topological polar surface area (TPSA) is 66.9 Å². The van der Waals surface area contributed by atoms with Crippen LogP contribution < -0.4 is 10.6 Å². The number of anilines is 2. The van der Waals surface area contributed by atoms with Gasteiger partial charge in [0.15, 0.2) is 0 Å². The van der Waals surface area contributed by atoms with Gasteiger partial charge in [-0.25, -0.2) is 4.98 Å². The van der Waals surface area contributed by atoms with E-state index in [0.29, 0.717) is 11.4 Å². The standard InChI is InChI=1S/C13H14N4O/c1-9-4-3-5-12(16-9)17-13(18)10-8-15-7-6-11(10)14-2/h3-8H,1-2H3,(H,14,15)(H,16,17,18). The van der Waals surface area contributed by atoms with Gasteiger partial charge in [0, 0.05) is 30.8 Å². The lowest BCUT2D eigenvalue weighted by Crippen LogP contribution is -2.15. The summed E-state index contributed by atoms with van der Waals surface area (Å²) in [5.74, 6) is 0.302. The molecule has 0 saturated carbocycles. The molecule has 0 aromatic carbocycles. The SMILES string of the molecule is CNc1ccncc1C(=O)Nc1cccc(C)n1. The van der Waals surface area contributed by atoms with Gasteiger partial charge in [-0.3, -0.25) is 9.78 Å². The molecule has 0 bridgehead atoms. The van der Waals surface area contributed by atoms with Crippen molar-refractivity contribution in [3.8, 4) is 0 Å². The van der Waals surface area contributed by atoms with E-state index < -0.39 is 0 Å². The number of pyridine rings is 2. The summed E-state index contributed by atoms with van der Waals surface area (Å²) in [4.78, 5) is 20.2. The van der Waals surface area contributed by atoms with Gasteiger partial charge in [0.05, 0.1) is 5.56 Å². The molecule has 2 heterocycles. The molecule has 0 aliphatic heterocycles. The molecular weight excluding hydrogens is 228 g/mol. The fourth-order valence-electron chi connectivity index (χ4n) is 1.59. The molecule has 0 spiro atoms. The average molecular weight is 242 g/mol. The van der Waals surface area contributed by atoms with Crippen LogP contribution in [0.3, 0.4) is 0 Å². The molecule has 5 nitrogen and oxygen atoms in total. The van der Waals surface area contributed by atoms with Crippen LogP contribution in [0.1, 0.15) is 16.1 Å². The number of carbonyl (C=O) groups is 1. The van der Waals surface area contributed by atoms with Crippen molar-refractivity contribution in [3.05, 3.63) is 47.9 Å². The molecule has 0 saturated heterocycles. The van der Waals surface area contributed by atoms with E-state index in [1.54, 1.807) is 25.4 Å². The monoisotopic (exact) mass is 242 g/mol. The van der Waals surface area contributed by atoms with E-state index in [2.05, 4.69) is 20.6 Å².